The van der Waals surface area contributed by atoms with Crippen LogP contribution in [0.3, 0.4) is 0 Å². The Hall–Kier alpha value is -2.38. The van der Waals surface area contributed by atoms with E-state index < -0.39 is 59.9 Å². The van der Waals surface area contributed by atoms with E-state index >= 15 is 0 Å². The molecule has 0 aromatic heterocycles. The summed E-state index contributed by atoms with van der Waals surface area (Å²) < 4.78 is 0. The average molecular weight is 450 g/mol. The normalized spacial score (nSPS) is 15.8. The third kappa shape index (κ3) is 10.4. The molecule has 0 saturated carbocycles. The second-order valence-corrected chi connectivity index (χ2v) is 7.73. The molecule has 0 spiro atoms. The fraction of sp³-hybridized carbons (Fsp3) is 0.706. The molecule has 0 aliphatic heterocycles. The van der Waals surface area contributed by atoms with Crippen LogP contribution in [0.1, 0.15) is 33.1 Å². The maximum Gasteiger partial charge on any atom is 0.326 e. The van der Waals surface area contributed by atoms with Gasteiger partial charge in [-0.3, -0.25) is 19.2 Å². The molecule has 5 unspecified atom stereocenters. The SMILES string of the molecule is CSCCC(NC(=O)C(C)NC(=O)C(N)C(C)O)C(=O)NC(CCC(N)=O)C(=O)O. The molecule has 0 heterocycles. The van der Waals surface area contributed by atoms with Gasteiger partial charge in [-0.2, -0.15) is 11.8 Å². The standard InChI is InChI=1S/C17H31N5O7S/c1-8(20-16(27)13(19)9(2)23)14(25)21-10(6-7-30-3)15(26)22-11(17(28)29)4-5-12(18)24/h8-11,13,23H,4-7,19H2,1-3H3,(H2,18,24)(H,20,27)(H,21,25)(H,22,26)(H,28,29). The molecule has 13 heteroatoms. The summed E-state index contributed by atoms with van der Waals surface area (Å²) in [5, 5.41) is 25.7. The van der Waals surface area contributed by atoms with E-state index in [0.717, 1.165) is 0 Å². The highest BCUT2D eigenvalue weighted by molar-refractivity contribution is 7.98. The summed E-state index contributed by atoms with van der Waals surface area (Å²) >= 11 is 1.42. The third-order valence-electron chi connectivity index (χ3n) is 4.11. The number of primary amides is 1. The van der Waals surface area contributed by atoms with Crippen molar-refractivity contribution in [2.24, 2.45) is 11.5 Å². The Kier molecular flexibility index (Phi) is 12.7. The number of thioether (sulfide) groups is 1. The number of aliphatic hydroxyl groups excluding tert-OH is 1. The molecule has 0 aliphatic rings. The number of carbonyl (C=O) groups is 5. The van der Waals surface area contributed by atoms with Crippen molar-refractivity contribution < 1.29 is 34.2 Å². The Labute approximate surface area is 178 Å². The highest BCUT2D eigenvalue weighted by atomic mass is 32.2. The molecule has 0 saturated heterocycles. The van der Waals surface area contributed by atoms with Gasteiger partial charge >= 0.3 is 5.97 Å². The van der Waals surface area contributed by atoms with Gasteiger partial charge in [0, 0.05) is 6.42 Å². The topological polar surface area (TPSA) is 214 Å². The first-order chi connectivity index (χ1) is 13.9. The number of rotatable bonds is 14. The van der Waals surface area contributed by atoms with E-state index in [1.165, 1.54) is 25.6 Å². The van der Waals surface area contributed by atoms with Crippen LogP contribution in [0.5, 0.6) is 0 Å². The summed E-state index contributed by atoms with van der Waals surface area (Å²) in [4.78, 5) is 59.0. The minimum Gasteiger partial charge on any atom is -0.480 e. The third-order valence-corrected chi connectivity index (χ3v) is 4.76. The number of nitrogens with two attached hydrogens (primary N) is 2. The fourth-order valence-corrected chi connectivity index (χ4v) is 2.68. The molecule has 0 radical (unpaired) electrons. The van der Waals surface area contributed by atoms with Crippen LogP contribution in [-0.2, 0) is 24.0 Å². The molecule has 0 aliphatic carbocycles. The number of carboxylic acids is 1. The quantitative estimate of drug-likeness (QED) is 0.146. The summed E-state index contributed by atoms with van der Waals surface area (Å²) in [7, 11) is 0. The van der Waals surface area contributed by atoms with E-state index in [9.17, 15) is 34.2 Å². The Balaban J connectivity index is 5.09. The predicted molar refractivity (Wildman–Crippen MR) is 110 cm³/mol. The average Bonchev–Trinajstić information content (AvgIpc) is 2.66. The van der Waals surface area contributed by atoms with Crippen LogP contribution >= 0.6 is 11.8 Å². The van der Waals surface area contributed by atoms with Gasteiger partial charge in [-0.15, -0.1) is 0 Å². The van der Waals surface area contributed by atoms with Crippen molar-refractivity contribution in [2.45, 2.75) is 63.4 Å². The molecular weight excluding hydrogens is 418 g/mol. The summed E-state index contributed by atoms with van der Waals surface area (Å²) in [5.74, 6) is -3.73. The summed E-state index contributed by atoms with van der Waals surface area (Å²) in [6, 6.07) is -4.69. The van der Waals surface area contributed by atoms with E-state index in [1.807, 2.05) is 0 Å². The molecule has 0 rings (SSSR count). The molecule has 0 aromatic carbocycles. The number of carboxylic acid groups (broad SMARTS) is 1. The van der Waals surface area contributed by atoms with Crippen molar-refractivity contribution in [1.29, 1.82) is 0 Å². The van der Waals surface area contributed by atoms with Crippen LogP contribution in [0.2, 0.25) is 0 Å². The van der Waals surface area contributed by atoms with E-state index in [2.05, 4.69) is 16.0 Å². The monoisotopic (exact) mass is 449 g/mol. The predicted octanol–water partition coefficient (Wildman–Crippen LogP) is -2.73. The lowest BCUT2D eigenvalue weighted by atomic mass is 10.1. The van der Waals surface area contributed by atoms with E-state index in [0.29, 0.717) is 5.75 Å². The van der Waals surface area contributed by atoms with E-state index in [4.69, 9.17) is 11.5 Å². The van der Waals surface area contributed by atoms with Gasteiger partial charge < -0.3 is 37.6 Å². The van der Waals surface area contributed by atoms with Crippen molar-refractivity contribution in [1.82, 2.24) is 16.0 Å². The number of aliphatic carboxylic acids is 1. The van der Waals surface area contributed by atoms with Crippen molar-refractivity contribution >= 4 is 41.4 Å². The molecule has 0 bridgehead atoms. The molecule has 4 amide bonds. The highest BCUT2D eigenvalue weighted by Crippen LogP contribution is 2.05. The molecule has 12 nitrogen and oxygen atoms in total. The Morgan fingerprint density at radius 3 is 1.97 bits per heavy atom. The zero-order chi connectivity index (χ0) is 23.4. The van der Waals surface area contributed by atoms with Crippen molar-refractivity contribution in [2.75, 3.05) is 12.0 Å². The number of aliphatic hydroxyl groups is 1. The first-order valence-corrected chi connectivity index (χ1v) is 10.6. The van der Waals surface area contributed by atoms with Crippen molar-refractivity contribution in [3.05, 3.63) is 0 Å². The van der Waals surface area contributed by atoms with E-state index in [-0.39, 0.29) is 19.3 Å². The first-order valence-electron chi connectivity index (χ1n) is 9.25. The zero-order valence-electron chi connectivity index (χ0n) is 17.2. The maximum atomic E-state index is 12.5. The number of amides is 4. The van der Waals surface area contributed by atoms with Crippen LogP contribution < -0.4 is 27.4 Å². The molecule has 5 atom stereocenters. The van der Waals surface area contributed by atoms with Gasteiger partial charge in [-0.25, -0.2) is 4.79 Å². The number of carbonyl (C=O) groups excluding carboxylic acids is 4. The largest absolute Gasteiger partial charge is 0.480 e. The van der Waals surface area contributed by atoms with Crippen molar-refractivity contribution in [3.63, 3.8) is 0 Å². The lowest BCUT2D eigenvalue weighted by molar-refractivity contribution is -0.142. The summed E-state index contributed by atoms with van der Waals surface area (Å²) in [6.07, 6.45) is 0.460. The first kappa shape index (κ1) is 27.6. The van der Waals surface area contributed by atoms with Gasteiger partial charge in [0.1, 0.15) is 24.2 Å². The minimum absolute atomic E-state index is 0.191. The zero-order valence-corrected chi connectivity index (χ0v) is 18.0. The van der Waals surface area contributed by atoms with Crippen LogP contribution in [-0.4, -0.2) is 82.1 Å². The second kappa shape index (κ2) is 13.8. The molecular formula is C17H31N5O7S. The number of hydrogen-bond donors (Lipinski definition) is 7. The van der Waals surface area contributed by atoms with Crippen LogP contribution in [0.15, 0.2) is 0 Å². The van der Waals surface area contributed by atoms with Gasteiger partial charge in [0.2, 0.25) is 23.6 Å². The van der Waals surface area contributed by atoms with Crippen LogP contribution in [0.4, 0.5) is 0 Å². The highest BCUT2D eigenvalue weighted by Gasteiger charge is 2.29. The molecule has 30 heavy (non-hydrogen) atoms. The van der Waals surface area contributed by atoms with Gasteiger partial charge in [-0.1, -0.05) is 0 Å². The minimum atomic E-state index is -1.35. The van der Waals surface area contributed by atoms with Gasteiger partial charge in [0.05, 0.1) is 6.10 Å². The molecule has 9 N–H and O–H groups in total. The van der Waals surface area contributed by atoms with Crippen LogP contribution in [0, 0.1) is 0 Å². The molecule has 0 fully saturated rings. The van der Waals surface area contributed by atoms with Gasteiger partial charge in [-0.05, 0) is 38.7 Å². The van der Waals surface area contributed by atoms with E-state index in [1.54, 1.807) is 6.26 Å². The fourth-order valence-electron chi connectivity index (χ4n) is 2.21. The Morgan fingerprint density at radius 1 is 0.933 bits per heavy atom. The molecule has 0 aromatic rings. The van der Waals surface area contributed by atoms with Gasteiger partial charge in [0.25, 0.3) is 0 Å². The summed E-state index contributed by atoms with van der Waals surface area (Å²) in [5.41, 5.74) is 10.5. The van der Waals surface area contributed by atoms with Gasteiger partial charge in [0.15, 0.2) is 0 Å². The number of hydrogen-bond acceptors (Lipinski definition) is 8. The van der Waals surface area contributed by atoms with Crippen molar-refractivity contribution in [3.8, 4) is 0 Å². The maximum absolute atomic E-state index is 12.5. The molecule has 172 valence electrons. The number of nitrogens with one attached hydrogen (secondary N) is 3. The Morgan fingerprint density at radius 2 is 1.50 bits per heavy atom. The Bertz CT molecular complexity index is 632. The second-order valence-electron chi connectivity index (χ2n) is 6.74. The lowest BCUT2D eigenvalue weighted by Gasteiger charge is -2.24. The smallest absolute Gasteiger partial charge is 0.326 e. The summed E-state index contributed by atoms with van der Waals surface area (Å²) in [6.45, 7) is 2.70. The van der Waals surface area contributed by atoms with Crippen LogP contribution in [0.25, 0.3) is 0 Å². The lowest BCUT2D eigenvalue weighted by Crippen LogP contribution is -2.57.